The summed E-state index contributed by atoms with van der Waals surface area (Å²) in [4.78, 5) is 93.0. The molecule has 0 amide bonds. The van der Waals surface area contributed by atoms with Crippen LogP contribution in [0.25, 0.3) is 65.4 Å². The fourth-order valence-corrected chi connectivity index (χ4v) is 18.1. The molecule has 6 aromatic heterocycles. The van der Waals surface area contributed by atoms with Gasteiger partial charge in [-0.1, -0.05) is 27.7 Å². The number of pyridine rings is 6. The van der Waals surface area contributed by atoms with E-state index >= 15 is 0 Å². The van der Waals surface area contributed by atoms with E-state index in [2.05, 4.69) is 51.9 Å². The first kappa shape index (κ1) is 102. The van der Waals surface area contributed by atoms with Crippen LogP contribution in [-0.4, -0.2) is 145 Å². The molecule has 5 unspecified atom stereocenters. The number of ether oxygens (including phenoxy) is 6. The molecule has 6 aromatic carbocycles. The number of hydrogen-bond acceptors (Lipinski definition) is 18. The Kier molecular flexibility index (Phi) is 28.5. The lowest BCUT2D eigenvalue weighted by Gasteiger charge is -2.38. The Hall–Kier alpha value is -13.3. The van der Waals surface area contributed by atoms with Crippen molar-refractivity contribution in [1.29, 1.82) is 0 Å². The van der Waals surface area contributed by atoms with E-state index in [1.165, 1.54) is 60.7 Å². The van der Waals surface area contributed by atoms with E-state index in [9.17, 15) is 121 Å². The highest BCUT2D eigenvalue weighted by Gasteiger charge is 2.45. The van der Waals surface area contributed by atoms with Crippen molar-refractivity contribution in [2.75, 3.05) is 102 Å². The summed E-state index contributed by atoms with van der Waals surface area (Å²) in [6.07, 6.45) is -24.8. The predicted octanol–water partition coefficient (Wildman–Crippen LogP) is 21.4. The summed E-state index contributed by atoms with van der Waals surface area (Å²) in [5.41, 5.74) is -7.07. The first-order chi connectivity index (χ1) is 66.2. The van der Waals surface area contributed by atoms with E-state index < -0.39 is 123 Å². The second-order valence-electron chi connectivity index (χ2n) is 35.7. The zero-order valence-electron chi connectivity index (χ0n) is 76.5. The first-order valence-corrected chi connectivity index (χ1v) is 45.3. The molecule has 6 aliphatic heterocycles. The summed E-state index contributed by atoms with van der Waals surface area (Å²) in [6, 6.07) is 20.2. The van der Waals surface area contributed by atoms with Crippen LogP contribution in [0.5, 0.6) is 34.5 Å². The molecular weight excluding hydrogens is 1910 g/mol. The maximum atomic E-state index is 13.4. The van der Waals surface area contributed by atoms with Gasteiger partial charge in [-0.15, -0.1) is 0 Å². The molecule has 2 aliphatic carbocycles. The van der Waals surface area contributed by atoms with Crippen LogP contribution in [0.4, 0.5) is 126 Å². The van der Waals surface area contributed by atoms with Crippen molar-refractivity contribution in [3.05, 3.63) is 205 Å². The Morgan fingerprint density at radius 2 is 0.610 bits per heavy atom. The van der Waals surface area contributed by atoms with E-state index in [0.29, 0.717) is 158 Å². The third kappa shape index (κ3) is 22.7. The van der Waals surface area contributed by atoms with Gasteiger partial charge in [0, 0.05) is 131 Å². The Balaban J connectivity index is 0.000000128. The van der Waals surface area contributed by atoms with Gasteiger partial charge in [0.2, 0.25) is 33.4 Å². The lowest BCUT2D eigenvalue weighted by atomic mass is 10.0. The molecule has 8 aliphatic rings. The van der Waals surface area contributed by atoms with Gasteiger partial charge in [0.05, 0.1) is 137 Å². The van der Waals surface area contributed by atoms with Crippen LogP contribution in [0.15, 0.2) is 138 Å². The highest BCUT2D eigenvalue weighted by molar-refractivity contribution is 5.95. The Labute approximate surface area is 786 Å². The summed E-state index contributed by atoms with van der Waals surface area (Å²) in [6.45, 7) is 19.6. The minimum atomic E-state index is -4.82. The van der Waals surface area contributed by atoms with E-state index in [1.54, 1.807) is 6.92 Å². The van der Waals surface area contributed by atoms with Crippen molar-refractivity contribution in [3.8, 4) is 34.5 Å². The molecule has 7 N–H and O–H groups in total. The number of rotatable bonds is 11. The zero-order chi connectivity index (χ0) is 102. The normalized spacial score (nSPS) is 18.5. The van der Waals surface area contributed by atoms with Gasteiger partial charge in [-0.25, -0.2) is 0 Å². The monoisotopic (exact) mass is 2010 g/mol. The van der Waals surface area contributed by atoms with E-state index in [4.69, 9.17) is 28.4 Å². The molecule has 0 saturated heterocycles. The molecule has 0 bridgehead atoms. The molecule has 141 heavy (non-hydrogen) atoms. The average Bonchev–Trinajstić information content (AvgIpc) is 1.47. The van der Waals surface area contributed by atoms with Crippen LogP contribution in [0.1, 0.15) is 140 Å². The highest BCUT2D eigenvalue weighted by Crippen LogP contribution is 2.51. The quantitative estimate of drug-likeness (QED) is 0.0593. The SMILES string of the molecule is CC(C)N1CCOc2cc3[nH]c(=O)cc(C(F)(F)F)c3cc21.CC1COc2cc3[nH]c(=O)cc(C(F)(F)F)c3cc2N1CC1CC1.CCC1COc2cc3[nH]c(=O)cc(C(F)(F)F)c3cc2N1.CCC1COc2cc3[nH]c(=O)cc(C(F)(F)F)c3cc2N1CC.CCC1COc2cc3[nH]c(=O)cc(C(F)(F)F)c3cc2N1CC(F)(F)F.CCC1COc2cc3[nH]c(=O)cc(C(F)(F)F)c3cc2N1CC1CC1. The number of aromatic nitrogens is 6. The smallest absolute Gasteiger partial charge is 0.417 e. The average molecular weight is 2010 g/mol. The van der Waals surface area contributed by atoms with Gasteiger partial charge in [0.25, 0.3) is 0 Å². The first-order valence-electron chi connectivity index (χ1n) is 45.3. The molecule has 2 saturated carbocycles. The number of nitrogens with zero attached hydrogens (tertiary/aromatic N) is 5. The number of H-pyrrole nitrogens is 6. The molecule has 0 spiro atoms. The lowest BCUT2D eigenvalue weighted by Crippen LogP contribution is -2.47. The van der Waals surface area contributed by atoms with Gasteiger partial charge < -0.3 is 88.1 Å². The van der Waals surface area contributed by atoms with Crippen LogP contribution >= 0.6 is 0 Å². The van der Waals surface area contributed by atoms with Gasteiger partial charge >= 0.3 is 43.2 Å². The molecule has 20 rings (SSSR count). The number of likely N-dealkylation sites (N-methyl/N-ethyl adjacent to an activating group) is 1. The number of fused-ring (bicyclic) bond motifs is 12. The van der Waals surface area contributed by atoms with Crippen LogP contribution in [0, 0.1) is 11.8 Å². The summed E-state index contributed by atoms with van der Waals surface area (Å²) in [5, 5.41) is 2.68. The summed E-state index contributed by atoms with van der Waals surface area (Å²) in [5.74, 6) is 3.70. The van der Waals surface area contributed by atoms with Gasteiger partial charge in [-0.2, -0.15) is 92.2 Å². The summed E-state index contributed by atoms with van der Waals surface area (Å²) < 4.78 is 311. The molecule has 2 fully saturated rings. The van der Waals surface area contributed by atoms with Gasteiger partial charge in [-0.05, 0) is 127 Å². The maximum Gasteiger partial charge on any atom is 0.417 e. The second kappa shape index (κ2) is 39.3. The molecule has 12 heterocycles. The van der Waals surface area contributed by atoms with Crippen molar-refractivity contribution in [3.63, 3.8) is 0 Å². The minimum Gasteiger partial charge on any atom is -0.489 e. The number of halogens is 21. The number of hydrogen-bond donors (Lipinski definition) is 7. The van der Waals surface area contributed by atoms with Crippen molar-refractivity contribution in [2.24, 2.45) is 11.8 Å². The molecule has 45 heteroatoms. The fraction of sp³-hybridized carbons (Fsp3) is 0.438. The van der Waals surface area contributed by atoms with Crippen LogP contribution in [-0.2, 0) is 37.1 Å². The molecule has 5 atom stereocenters. The van der Waals surface area contributed by atoms with Crippen molar-refractivity contribution < 1.29 is 121 Å². The van der Waals surface area contributed by atoms with Crippen LogP contribution in [0.2, 0.25) is 0 Å². The molecule has 12 aromatic rings. The van der Waals surface area contributed by atoms with E-state index in [1.807, 2.05) is 51.3 Å². The Morgan fingerprint density at radius 3 is 0.929 bits per heavy atom. The lowest BCUT2D eigenvalue weighted by molar-refractivity contribution is -0.137. The maximum absolute atomic E-state index is 13.4. The molecular formula is C96H95F21N12O12. The molecule has 0 radical (unpaired) electrons. The number of aromatic amines is 6. The van der Waals surface area contributed by atoms with Gasteiger partial charge in [0.1, 0.15) is 80.7 Å². The van der Waals surface area contributed by atoms with Gasteiger partial charge in [-0.3, -0.25) is 28.8 Å². The fourth-order valence-electron chi connectivity index (χ4n) is 18.1. The molecule has 24 nitrogen and oxygen atoms in total. The topological polar surface area (TPSA) is 281 Å². The number of anilines is 6. The number of nitrogens with one attached hydrogen (secondary N) is 7. The number of alkyl halides is 21. The molecule has 758 valence electrons. The van der Waals surface area contributed by atoms with Crippen LogP contribution < -0.4 is 91.6 Å². The van der Waals surface area contributed by atoms with Crippen molar-refractivity contribution >= 4 is 99.5 Å². The highest BCUT2D eigenvalue weighted by atomic mass is 19.4. The second-order valence-corrected chi connectivity index (χ2v) is 35.7. The van der Waals surface area contributed by atoms with Crippen molar-refractivity contribution in [1.82, 2.24) is 29.9 Å². The Bertz CT molecular complexity index is 7100. The third-order valence-electron chi connectivity index (χ3n) is 25.5. The van der Waals surface area contributed by atoms with E-state index in [0.717, 1.165) is 75.1 Å². The largest absolute Gasteiger partial charge is 0.489 e. The standard InChI is InChI=1S/C18H19F3N2O2.C17H17F3N2O2.C16H14F6N2O2.C16H17F3N2O2.C15H15F3N2O2.C14H13F3N2O2/c1-2-11-9-25-16-7-14-12(5-15(16)23(11)8-10-3-4-10)13(18(19,20)21)6-17(24)22-14;1-9-8-24-15-6-13-11(4-14(15)22(9)7-10-2-3-10)12(17(18,19)20)5-16(23)21-13;1-2-8-6-26-13-5-11-9(3-12(13)24(8)7-15(17,18)19)10(16(20,21)22)4-14(25)23-11;1-3-9-8-23-14-7-12-10(5-13(14)21(9)4-2)11(16(17,18)19)6-15(22)20-12;1-8(2)20-3-4-22-13-7-11-9(5-12(13)20)10(15(16,17)18)6-14(21)19-11;1-2-7-6-21-12-5-10-8(3-11(12)18-7)9(14(15,16)17)4-13(20)19-10/h5-7,10-11H,2-4,8-9H2,1H3,(H,22,24);4-6,9-10H,2-3,7-8H2,1H3,(H,21,23);3-5,8H,2,6-7H2,1H3,(H,23,25);5-7,9H,3-4,8H2,1-2H3,(H,20,22);5-8H,3-4H2,1-2H3,(H,19,21);3-5,7,18H,2,6H2,1H3,(H,19,20). The predicted molar refractivity (Wildman–Crippen MR) is 489 cm³/mol. The summed E-state index contributed by atoms with van der Waals surface area (Å²) >= 11 is 0. The van der Waals surface area contributed by atoms with Gasteiger partial charge in [0.15, 0.2) is 0 Å². The summed E-state index contributed by atoms with van der Waals surface area (Å²) in [7, 11) is 0. The third-order valence-corrected chi connectivity index (χ3v) is 25.5. The minimum absolute atomic E-state index is 0.000605. The van der Waals surface area contributed by atoms with Crippen molar-refractivity contribution in [2.45, 2.75) is 186 Å². The Morgan fingerprint density at radius 1 is 0.326 bits per heavy atom. The number of benzene rings is 6. The zero-order valence-corrected chi connectivity index (χ0v) is 76.5. The van der Waals surface area contributed by atoms with Crippen LogP contribution in [0.3, 0.4) is 0 Å². The van der Waals surface area contributed by atoms with E-state index in [-0.39, 0.29) is 114 Å².